The minimum Gasteiger partial charge on any atom is -0.310 e. The van der Waals surface area contributed by atoms with E-state index in [-0.39, 0.29) is 0 Å². The molecule has 4 nitrogen and oxygen atoms in total. The lowest BCUT2D eigenvalue weighted by Crippen LogP contribution is -2.33. The zero-order valence-corrected chi connectivity index (χ0v) is 76.3. The molecular formula is C136H84N4. The first-order valence-electron chi connectivity index (χ1n) is 49.0. The van der Waals surface area contributed by atoms with E-state index in [1.54, 1.807) is 0 Å². The van der Waals surface area contributed by atoms with Crippen LogP contribution in [0.3, 0.4) is 0 Å². The van der Waals surface area contributed by atoms with Crippen molar-refractivity contribution in [2.75, 3.05) is 9.80 Å². The molecule has 0 saturated carbocycles. The molecule has 22 aromatic carbocycles. The van der Waals surface area contributed by atoms with E-state index in [4.69, 9.17) is 0 Å². The molecule has 0 N–H and O–H groups in total. The van der Waals surface area contributed by atoms with Crippen molar-refractivity contribution in [3.8, 4) is 100 Å². The van der Waals surface area contributed by atoms with Crippen LogP contribution in [0.4, 0.5) is 34.1 Å². The maximum Gasteiger partial charge on any atom is 0.0755 e. The Kier molecular flexibility index (Phi) is 15.9. The van der Waals surface area contributed by atoms with E-state index in [1.807, 2.05) is 0 Å². The first-order valence-corrected chi connectivity index (χ1v) is 49.0. The van der Waals surface area contributed by atoms with E-state index in [2.05, 4.69) is 529 Å². The third-order valence-electron chi connectivity index (χ3n) is 32.8. The summed E-state index contributed by atoms with van der Waals surface area (Å²) in [7, 11) is 0. The molecule has 648 valence electrons. The van der Waals surface area contributed by atoms with Gasteiger partial charge in [-0.25, -0.2) is 0 Å². The molecule has 0 radical (unpaired) electrons. The molecule has 7 aliphatic rings. The van der Waals surface area contributed by atoms with Gasteiger partial charge in [-0.1, -0.05) is 413 Å². The highest BCUT2D eigenvalue weighted by Gasteiger charge is 2.56. The van der Waals surface area contributed by atoms with Crippen molar-refractivity contribution in [1.82, 2.24) is 9.13 Å². The molecule has 31 rings (SSSR count). The van der Waals surface area contributed by atoms with Crippen LogP contribution in [0.25, 0.3) is 144 Å². The van der Waals surface area contributed by atoms with E-state index in [9.17, 15) is 0 Å². The van der Waals surface area contributed by atoms with Crippen molar-refractivity contribution in [3.63, 3.8) is 0 Å². The van der Waals surface area contributed by atoms with Gasteiger partial charge in [-0.3, -0.25) is 0 Å². The quantitative estimate of drug-likeness (QED) is 0.128. The van der Waals surface area contributed by atoms with Gasteiger partial charge in [0.05, 0.1) is 66.5 Å². The Morgan fingerprint density at radius 2 is 0.436 bits per heavy atom. The number of aromatic nitrogens is 2. The molecule has 3 spiro atoms. The molecule has 1 atom stereocenters. The van der Waals surface area contributed by atoms with Crippen molar-refractivity contribution in [1.29, 1.82) is 0 Å². The third kappa shape index (κ3) is 9.92. The Labute approximate surface area is 811 Å². The van der Waals surface area contributed by atoms with Crippen LogP contribution in [-0.4, -0.2) is 9.13 Å². The number of fused-ring (bicyclic) bond motifs is 37. The van der Waals surface area contributed by atoms with E-state index in [1.165, 1.54) is 194 Å². The zero-order chi connectivity index (χ0) is 91.4. The largest absolute Gasteiger partial charge is 0.310 e. The predicted molar refractivity (Wildman–Crippen MR) is 576 cm³/mol. The van der Waals surface area contributed by atoms with Crippen LogP contribution in [0.15, 0.2) is 510 Å². The highest BCUT2D eigenvalue weighted by molar-refractivity contribution is 6.17. The lowest BCUT2D eigenvalue weighted by atomic mass is 9.65. The smallest absolute Gasteiger partial charge is 0.0755 e. The monoisotopic (exact) mass is 1770 g/mol. The molecule has 24 aromatic rings. The Bertz CT molecular complexity index is 9330. The molecule has 2 aromatic heterocycles. The minimum absolute atomic E-state index is 0.628. The first kappa shape index (κ1) is 77.3. The standard InChI is InChI=1S/C136H84N4/c1-5-37-85(38-6-1)95-45-20-32-64-125(95)137(91-71-74-104-100-50-13-23-55-111(100)133(121(104)81-91,89-41-9-3-10-42-89)90-43-11-4-12-44-90)93-79-110-107-54-22-34-66-127(107)140-130-68-36-31-63-119(130)136(124(84-93)132(110)140)117-61-29-19-51-101(117)103-73-69-88(78-120(103)136)87-70-76-128(108(77-87)86-39-7-2-8-40-86)138(92-72-75-105-102-52-18-26-58-114(102)134(122(105)82-92)112-56-24-14-46-96(112)97-47-15-25-57-113(97)134)94-80-109-106-53-21-33-65-126(106)139-129-67-35-30-62-118(129)135(123(83-94)131(109)139)115-59-27-16-48-98(115)99-49-17-28-60-116(99)135/h1-84H. The molecule has 4 heterocycles. The number of hydrogen-bond donors (Lipinski definition) is 0. The summed E-state index contributed by atoms with van der Waals surface area (Å²) in [4.78, 5) is 5.27. The average molecular weight is 1770 g/mol. The zero-order valence-electron chi connectivity index (χ0n) is 76.3. The number of rotatable bonds is 11. The average Bonchev–Trinajstić information content (AvgIpc) is 1.50. The Balaban J connectivity index is 0.663. The van der Waals surface area contributed by atoms with Crippen LogP contribution in [0.5, 0.6) is 0 Å². The van der Waals surface area contributed by atoms with Crippen LogP contribution in [0.1, 0.15) is 89.0 Å². The maximum atomic E-state index is 2.66. The van der Waals surface area contributed by atoms with Gasteiger partial charge < -0.3 is 18.9 Å². The Hall–Kier alpha value is -18.0. The van der Waals surface area contributed by atoms with Gasteiger partial charge >= 0.3 is 0 Å². The topological polar surface area (TPSA) is 16.3 Å². The predicted octanol–water partition coefficient (Wildman–Crippen LogP) is 33.9. The van der Waals surface area contributed by atoms with Crippen LogP contribution in [0.2, 0.25) is 0 Å². The first-order chi connectivity index (χ1) is 69.5. The van der Waals surface area contributed by atoms with Gasteiger partial charge in [-0.15, -0.1) is 0 Å². The van der Waals surface area contributed by atoms with Gasteiger partial charge in [0.15, 0.2) is 0 Å². The van der Waals surface area contributed by atoms with Crippen molar-refractivity contribution < 1.29 is 0 Å². The summed E-state index contributed by atoms with van der Waals surface area (Å²) in [6.07, 6.45) is 0. The van der Waals surface area contributed by atoms with Gasteiger partial charge in [0.25, 0.3) is 0 Å². The van der Waals surface area contributed by atoms with E-state index >= 15 is 0 Å². The second kappa shape index (κ2) is 28.8. The van der Waals surface area contributed by atoms with Crippen molar-refractivity contribution in [3.05, 3.63) is 599 Å². The maximum absolute atomic E-state index is 2.66. The molecule has 0 bridgehead atoms. The molecule has 0 amide bonds. The Morgan fingerprint density at radius 1 is 0.150 bits per heavy atom. The van der Waals surface area contributed by atoms with Gasteiger partial charge in [-0.05, 0) is 264 Å². The van der Waals surface area contributed by atoms with Gasteiger partial charge in [-0.2, -0.15) is 0 Å². The van der Waals surface area contributed by atoms with E-state index in [0.29, 0.717) is 0 Å². The van der Waals surface area contributed by atoms with E-state index in [0.717, 1.165) is 73.0 Å². The number of nitrogens with zero attached hydrogens (tertiary/aromatic N) is 4. The fourth-order valence-electron chi connectivity index (χ4n) is 27.5. The van der Waals surface area contributed by atoms with Crippen LogP contribution < -0.4 is 9.80 Å². The molecular weight excluding hydrogens is 1690 g/mol. The van der Waals surface area contributed by atoms with Crippen LogP contribution in [0, 0.1) is 0 Å². The number of benzene rings is 22. The number of anilines is 6. The van der Waals surface area contributed by atoms with E-state index < -0.39 is 21.7 Å². The third-order valence-corrected chi connectivity index (χ3v) is 32.8. The van der Waals surface area contributed by atoms with Gasteiger partial charge in [0, 0.05) is 55.4 Å². The second-order valence-electron chi connectivity index (χ2n) is 38.9. The summed E-state index contributed by atoms with van der Waals surface area (Å²) in [5, 5.41) is 4.78. The highest BCUT2D eigenvalue weighted by Crippen LogP contribution is 2.69. The summed E-state index contributed by atoms with van der Waals surface area (Å²) >= 11 is 0. The molecule has 4 heteroatoms. The SMILES string of the molecule is c1ccc(-c2ccccc2N(c2ccc3c(c2)C(c2ccccc2)(c2ccccc2)c2ccccc2-3)c2cc3c4c(c2)c2ccccc2n4-c2ccccc2C32c3ccccc3-c3ccc(-c4ccc(N(c5ccc6c(c5)C5(c7ccccc7-c7ccccc75)c5ccccc5-6)c5cc6c7c(c5)c5ccccc5n7-c5ccccc5C65c6ccccc6-c6ccccc65)c(-c5ccccc5)c4)cc32)cc1. The lowest BCUT2D eigenvalue weighted by molar-refractivity contribution is 0.748. The number of para-hydroxylation sites is 5. The summed E-state index contributed by atoms with van der Waals surface area (Å²) in [6, 6.07) is 196. The fourth-order valence-corrected chi connectivity index (χ4v) is 27.5. The number of hydrogen-bond acceptors (Lipinski definition) is 2. The molecule has 0 fully saturated rings. The summed E-state index contributed by atoms with van der Waals surface area (Å²) in [6.45, 7) is 0. The molecule has 2 aliphatic heterocycles. The van der Waals surface area contributed by atoms with Gasteiger partial charge in [0.2, 0.25) is 0 Å². The molecule has 140 heavy (non-hydrogen) atoms. The minimum atomic E-state index is -0.888. The van der Waals surface area contributed by atoms with Crippen LogP contribution >= 0.6 is 0 Å². The summed E-state index contributed by atoms with van der Waals surface area (Å²) in [5.74, 6) is 0. The van der Waals surface area contributed by atoms with Crippen LogP contribution in [-0.2, 0) is 21.7 Å². The summed E-state index contributed by atoms with van der Waals surface area (Å²) < 4.78 is 5.20. The molecule has 1 unspecified atom stereocenters. The molecule has 5 aliphatic carbocycles. The highest BCUT2D eigenvalue weighted by atomic mass is 15.2. The lowest BCUT2D eigenvalue weighted by Gasteiger charge is -2.40. The van der Waals surface area contributed by atoms with Gasteiger partial charge in [0.1, 0.15) is 0 Å². The molecule has 0 saturated heterocycles. The second-order valence-corrected chi connectivity index (χ2v) is 38.9. The normalized spacial score (nSPS) is 14.9. The summed E-state index contributed by atoms with van der Waals surface area (Å²) in [5.41, 5.74) is 50.0. The van der Waals surface area contributed by atoms with Crippen molar-refractivity contribution >= 4 is 77.7 Å². The Morgan fingerprint density at radius 3 is 0.871 bits per heavy atom. The van der Waals surface area contributed by atoms with Crippen molar-refractivity contribution in [2.24, 2.45) is 0 Å². The fraction of sp³-hybridized carbons (Fsp3) is 0.0294. The van der Waals surface area contributed by atoms with Crippen molar-refractivity contribution in [2.45, 2.75) is 21.7 Å².